The second-order valence-electron chi connectivity index (χ2n) is 2.40. The average Bonchev–Trinajstić information content (AvgIpc) is 2.02. The molecule has 0 unspecified atom stereocenters. The lowest BCUT2D eigenvalue weighted by Gasteiger charge is -2.20. The number of halogens is 1. The summed E-state index contributed by atoms with van der Waals surface area (Å²) in [5.74, 6) is 0.544. The molecule has 0 fully saturated rings. The molecule has 1 aromatic carbocycles. The van der Waals surface area contributed by atoms with Crippen LogP contribution in [0.1, 0.15) is 5.56 Å². The zero-order chi connectivity index (χ0) is 8.60. The van der Waals surface area contributed by atoms with Crippen molar-refractivity contribution < 1.29 is 13.6 Å². The molecule has 0 spiro atoms. The second-order valence-corrected chi connectivity index (χ2v) is 4.95. The van der Waals surface area contributed by atoms with E-state index in [1.165, 1.54) is 0 Å². The maximum Gasteiger partial charge on any atom is 0.477 e. The van der Waals surface area contributed by atoms with Gasteiger partial charge in [0, 0.05) is 16.8 Å². The highest BCUT2D eigenvalue weighted by Gasteiger charge is 2.28. The van der Waals surface area contributed by atoms with Gasteiger partial charge in [0.2, 0.25) is 0 Å². The summed E-state index contributed by atoms with van der Waals surface area (Å²) in [7, 11) is 0. The van der Waals surface area contributed by atoms with E-state index in [9.17, 15) is 4.57 Å². The number of benzene rings is 1. The molecule has 0 aliphatic carbocycles. The standard InChI is InChI=1S/C7H6ClO3P/c8-12(9)10-5-6-3-1-2-4-7(6)11-12/h1-4H,5H2/t12-/m0/s1. The molecule has 0 saturated heterocycles. The summed E-state index contributed by atoms with van der Waals surface area (Å²) in [5.41, 5.74) is 0.865. The Morgan fingerprint density at radius 2 is 2.17 bits per heavy atom. The van der Waals surface area contributed by atoms with E-state index in [2.05, 4.69) is 0 Å². The van der Waals surface area contributed by atoms with E-state index in [4.69, 9.17) is 20.3 Å². The van der Waals surface area contributed by atoms with Crippen molar-refractivity contribution >= 4 is 18.2 Å². The van der Waals surface area contributed by atoms with Crippen molar-refractivity contribution in [1.29, 1.82) is 0 Å². The zero-order valence-corrected chi connectivity index (χ0v) is 7.72. The van der Waals surface area contributed by atoms with Gasteiger partial charge in [0.1, 0.15) is 5.75 Å². The molecule has 0 bridgehead atoms. The number of hydrogen-bond donors (Lipinski definition) is 0. The molecule has 1 aliphatic heterocycles. The minimum Gasteiger partial charge on any atom is -0.413 e. The topological polar surface area (TPSA) is 35.5 Å². The van der Waals surface area contributed by atoms with Crippen LogP contribution in [0.2, 0.25) is 0 Å². The summed E-state index contributed by atoms with van der Waals surface area (Å²) in [5, 5.41) is 0. The average molecular weight is 205 g/mol. The van der Waals surface area contributed by atoms with Crippen molar-refractivity contribution in [3.05, 3.63) is 29.8 Å². The van der Waals surface area contributed by atoms with Gasteiger partial charge in [-0.2, -0.15) is 0 Å². The molecule has 2 rings (SSSR count). The Kier molecular flexibility index (Phi) is 1.87. The van der Waals surface area contributed by atoms with Crippen LogP contribution in [0.3, 0.4) is 0 Å². The molecular weight excluding hydrogens is 199 g/mol. The molecule has 0 saturated carbocycles. The Bertz CT molecular complexity index is 352. The molecule has 1 atom stereocenters. The highest BCUT2D eigenvalue weighted by molar-refractivity contribution is 7.81. The normalized spacial score (nSPS) is 27.4. The quantitative estimate of drug-likeness (QED) is 0.610. The van der Waals surface area contributed by atoms with E-state index in [0.29, 0.717) is 5.75 Å². The van der Waals surface area contributed by atoms with Gasteiger partial charge in [0.05, 0.1) is 6.61 Å². The lowest BCUT2D eigenvalue weighted by Crippen LogP contribution is -2.02. The summed E-state index contributed by atoms with van der Waals surface area (Å²) >= 11 is 5.41. The van der Waals surface area contributed by atoms with Gasteiger partial charge in [-0.15, -0.1) is 0 Å². The molecule has 1 aromatic rings. The lowest BCUT2D eigenvalue weighted by atomic mass is 10.2. The van der Waals surface area contributed by atoms with Gasteiger partial charge >= 0.3 is 6.95 Å². The Labute approximate surface area is 74.6 Å². The number of para-hydroxylation sites is 1. The van der Waals surface area contributed by atoms with E-state index < -0.39 is 6.95 Å². The Morgan fingerprint density at radius 3 is 3.00 bits per heavy atom. The van der Waals surface area contributed by atoms with Crippen LogP contribution in [-0.4, -0.2) is 0 Å². The first-order valence-electron chi connectivity index (χ1n) is 3.39. The number of rotatable bonds is 0. The second kappa shape index (κ2) is 2.77. The van der Waals surface area contributed by atoms with Crippen LogP contribution in [-0.2, 0) is 15.7 Å². The van der Waals surface area contributed by atoms with Crippen LogP contribution < -0.4 is 4.52 Å². The first kappa shape index (κ1) is 8.11. The third-order valence-electron chi connectivity index (χ3n) is 1.55. The SMILES string of the molecule is O=[P@@]1(Cl)OCc2ccccc2O1. The lowest BCUT2D eigenvalue weighted by molar-refractivity contribution is 0.246. The molecule has 1 aliphatic rings. The van der Waals surface area contributed by atoms with Crippen LogP contribution in [0.25, 0.3) is 0 Å². The molecule has 12 heavy (non-hydrogen) atoms. The van der Waals surface area contributed by atoms with E-state index in [1.807, 2.05) is 12.1 Å². The molecule has 0 N–H and O–H groups in total. The smallest absolute Gasteiger partial charge is 0.413 e. The van der Waals surface area contributed by atoms with Gasteiger partial charge in [-0.3, -0.25) is 4.52 Å². The highest BCUT2D eigenvalue weighted by atomic mass is 35.7. The zero-order valence-electron chi connectivity index (χ0n) is 6.07. The number of hydrogen-bond acceptors (Lipinski definition) is 3. The van der Waals surface area contributed by atoms with Crippen LogP contribution in [0.4, 0.5) is 0 Å². The van der Waals surface area contributed by atoms with Gasteiger partial charge < -0.3 is 4.52 Å². The third kappa shape index (κ3) is 1.48. The Balaban J connectivity index is 2.42. The van der Waals surface area contributed by atoms with Gasteiger partial charge in [-0.25, -0.2) is 4.57 Å². The van der Waals surface area contributed by atoms with E-state index in [-0.39, 0.29) is 6.61 Å². The summed E-state index contributed by atoms with van der Waals surface area (Å²) < 4.78 is 20.8. The molecule has 5 heteroatoms. The van der Waals surface area contributed by atoms with Crippen LogP contribution in [0.15, 0.2) is 24.3 Å². The molecule has 3 nitrogen and oxygen atoms in total. The predicted octanol–water partition coefficient (Wildman–Crippen LogP) is 2.94. The minimum absolute atomic E-state index is 0.247. The minimum atomic E-state index is -3.35. The van der Waals surface area contributed by atoms with Crippen molar-refractivity contribution in [2.24, 2.45) is 0 Å². The maximum atomic E-state index is 11.1. The van der Waals surface area contributed by atoms with Crippen LogP contribution in [0, 0.1) is 0 Å². The van der Waals surface area contributed by atoms with E-state index in [1.54, 1.807) is 12.1 Å². The van der Waals surface area contributed by atoms with Gasteiger partial charge in [-0.05, 0) is 6.07 Å². The molecule has 1 heterocycles. The van der Waals surface area contributed by atoms with Crippen LogP contribution in [0.5, 0.6) is 5.75 Å². The summed E-state index contributed by atoms with van der Waals surface area (Å²) in [6.45, 7) is -3.10. The van der Waals surface area contributed by atoms with Crippen molar-refractivity contribution in [2.45, 2.75) is 6.61 Å². The van der Waals surface area contributed by atoms with Gasteiger partial charge in [-0.1, -0.05) is 18.2 Å². The molecule has 0 radical (unpaired) electrons. The third-order valence-corrected chi connectivity index (χ3v) is 2.91. The first-order chi connectivity index (χ1) is 5.67. The first-order valence-corrected chi connectivity index (χ1v) is 5.84. The van der Waals surface area contributed by atoms with Crippen molar-refractivity contribution in [3.63, 3.8) is 0 Å². The summed E-state index contributed by atoms with van der Waals surface area (Å²) in [4.78, 5) is 0. The highest BCUT2D eigenvalue weighted by Crippen LogP contribution is 2.57. The largest absolute Gasteiger partial charge is 0.477 e. The summed E-state index contributed by atoms with van der Waals surface area (Å²) in [6.07, 6.45) is 0. The van der Waals surface area contributed by atoms with E-state index in [0.717, 1.165) is 5.56 Å². The van der Waals surface area contributed by atoms with Gasteiger partial charge in [0.15, 0.2) is 0 Å². The Hall–Kier alpha value is -0.500. The fourth-order valence-corrected chi connectivity index (χ4v) is 2.13. The van der Waals surface area contributed by atoms with Crippen LogP contribution >= 0.6 is 18.2 Å². The molecule has 64 valence electrons. The summed E-state index contributed by atoms with van der Waals surface area (Å²) in [6, 6.07) is 7.20. The van der Waals surface area contributed by atoms with Gasteiger partial charge in [0.25, 0.3) is 0 Å². The molecule has 0 amide bonds. The maximum absolute atomic E-state index is 11.1. The van der Waals surface area contributed by atoms with Crippen molar-refractivity contribution in [1.82, 2.24) is 0 Å². The van der Waals surface area contributed by atoms with Crippen molar-refractivity contribution in [3.8, 4) is 5.75 Å². The van der Waals surface area contributed by atoms with E-state index >= 15 is 0 Å². The molecule has 0 aromatic heterocycles. The Morgan fingerprint density at radius 1 is 1.42 bits per heavy atom. The fourth-order valence-electron chi connectivity index (χ4n) is 1.00. The monoisotopic (exact) mass is 204 g/mol. The predicted molar refractivity (Wildman–Crippen MR) is 45.3 cm³/mol. The fraction of sp³-hybridized carbons (Fsp3) is 0.143. The van der Waals surface area contributed by atoms with Crippen molar-refractivity contribution in [2.75, 3.05) is 0 Å². The molecular formula is C7H6ClO3P. The number of fused-ring (bicyclic) bond motifs is 1.